The Morgan fingerprint density at radius 2 is 0.952 bits per heavy atom. The van der Waals surface area contributed by atoms with E-state index in [1.807, 2.05) is 0 Å². The lowest BCUT2D eigenvalue weighted by atomic mass is 9.99. The minimum Gasteiger partial charge on any atom is -0.0622 e. The Hall–Kier alpha value is -1.61. The van der Waals surface area contributed by atoms with Crippen LogP contribution in [0.15, 0.2) is 78.9 Å². The lowest BCUT2D eigenvalue weighted by molar-refractivity contribution is 1.12. The fraction of sp³-hybridized carbons (Fsp3) is 0.100. The van der Waals surface area contributed by atoms with Gasteiger partial charge in [-0.1, -0.05) is 78.9 Å². The van der Waals surface area contributed by atoms with E-state index in [0.717, 1.165) is 12.8 Å². The van der Waals surface area contributed by atoms with Gasteiger partial charge in [0.15, 0.2) is 0 Å². The summed E-state index contributed by atoms with van der Waals surface area (Å²) in [6.45, 7) is 0. The number of hydrogen-bond donors (Lipinski definition) is 0. The zero-order valence-corrected chi connectivity index (χ0v) is 14.0. The number of hydrogen-bond acceptors (Lipinski definition) is 0. The van der Waals surface area contributed by atoms with Gasteiger partial charge in [-0.3, -0.25) is 0 Å². The molecule has 0 unspecified atom stereocenters. The molecule has 0 saturated heterocycles. The normalized spacial score (nSPS) is 10.5. The van der Waals surface area contributed by atoms with E-state index < -0.39 is 0 Å². The highest BCUT2D eigenvalue weighted by atomic mass is 127. The molecule has 104 valence electrons. The molecule has 0 saturated carbocycles. The maximum absolute atomic E-state index is 2.49. The first-order valence-electron chi connectivity index (χ1n) is 7.17. The number of benzene rings is 3. The topological polar surface area (TPSA) is 0 Å². The Morgan fingerprint density at radius 1 is 0.524 bits per heavy atom. The first kappa shape index (κ1) is 14.3. The van der Waals surface area contributed by atoms with Crippen LogP contribution < -0.4 is 0 Å². The lowest BCUT2D eigenvalue weighted by Crippen LogP contribution is -1.98. The Balaban J connectivity index is 1.85. The van der Waals surface area contributed by atoms with Crippen molar-refractivity contribution in [1.82, 2.24) is 0 Å². The third-order valence-electron chi connectivity index (χ3n) is 3.63. The molecule has 21 heavy (non-hydrogen) atoms. The summed E-state index contributed by atoms with van der Waals surface area (Å²) in [7, 11) is 0. The smallest absolute Gasteiger partial charge is 0.0201 e. The van der Waals surface area contributed by atoms with E-state index in [1.165, 1.54) is 25.8 Å². The molecule has 0 amide bonds. The van der Waals surface area contributed by atoms with Gasteiger partial charge in [-0.05, 0) is 57.7 Å². The third-order valence-corrected chi connectivity index (χ3v) is 5.02. The van der Waals surface area contributed by atoms with Gasteiger partial charge in [0.2, 0.25) is 0 Å². The zero-order valence-electron chi connectivity index (χ0n) is 11.8. The Kier molecular flexibility index (Phi) is 4.71. The van der Waals surface area contributed by atoms with Crippen LogP contribution in [0.1, 0.15) is 22.3 Å². The number of halogens is 1. The zero-order chi connectivity index (χ0) is 14.5. The van der Waals surface area contributed by atoms with E-state index in [-0.39, 0.29) is 0 Å². The van der Waals surface area contributed by atoms with Gasteiger partial charge < -0.3 is 0 Å². The second kappa shape index (κ2) is 6.90. The van der Waals surface area contributed by atoms with Crippen molar-refractivity contribution in [2.45, 2.75) is 12.8 Å². The molecule has 0 aliphatic heterocycles. The second-order valence-corrected chi connectivity index (χ2v) is 6.29. The molecule has 0 heterocycles. The van der Waals surface area contributed by atoms with E-state index >= 15 is 0 Å². The molecular formula is C20H17I. The van der Waals surface area contributed by atoms with Crippen molar-refractivity contribution in [3.8, 4) is 0 Å². The quantitative estimate of drug-likeness (QED) is 0.523. The summed E-state index contributed by atoms with van der Waals surface area (Å²) < 4.78 is 1.39. The predicted molar refractivity (Wildman–Crippen MR) is 97.7 cm³/mol. The van der Waals surface area contributed by atoms with Crippen LogP contribution in [0.3, 0.4) is 0 Å². The summed E-state index contributed by atoms with van der Waals surface area (Å²) in [5.41, 5.74) is 5.56. The largest absolute Gasteiger partial charge is 0.0622 e. The van der Waals surface area contributed by atoms with Gasteiger partial charge in [0, 0.05) is 3.57 Å². The van der Waals surface area contributed by atoms with Crippen LogP contribution in [-0.2, 0) is 12.8 Å². The van der Waals surface area contributed by atoms with Crippen LogP contribution in [0.25, 0.3) is 0 Å². The van der Waals surface area contributed by atoms with Crippen molar-refractivity contribution in [2.75, 3.05) is 0 Å². The molecule has 0 bridgehead atoms. The minimum atomic E-state index is 1.00. The van der Waals surface area contributed by atoms with Crippen molar-refractivity contribution in [3.05, 3.63) is 105 Å². The summed E-state index contributed by atoms with van der Waals surface area (Å²) in [6.07, 6.45) is 2.00. The van der Waals surface area contributed by atoms with E-state index in [1.54, 1.807) is 0 Å². The highest BCUT2D eigenvalue weighted by Gasteiger charge is 2.07. The molecule has 0 aliphatic carbocycles. The molecule has 0 aromatic heterocycles. The predicted octanol–water partition coefficient (Wildman–Crippen LogP) is 5.47. The summed E-state index contributed by atoms with van der Waals surface area (Å²) in [5.74, 6) is 0. The van der Waals surface area contributed by atoms with Crippen LogP contribution in [0.4, 0.5) is 0 Å². The fourth-order valence-electron chi connectivity index (χ4n) is 2.54. The van der Waals surface area contributed by atoms with E-state index in [0.29, 0.717) is 0 Å². The molecule has 0 spiro atoms. The van der Waals surface area contributed by atoms with Gasteiger partial charge >= 0.3 is 0 Å². The monoisotopic (exact) mass is 384 g/mol. The average molecular weight is 384 g/mol. The Labute approximate surface area is 140 Å². The molecule has 1 heteroatoms. The summed E-state index contributed by atoms with van der Waals surface area (Å²) in [5, 5.41) is 0. The van der Waals surface area contributed by atoms with Crippen LogP contribution in [0.5, 0.6) is 0 Å². The van der Waals surface area contributed by atoms with Crippen molar-refractivity contribution in [1.29, 1.82) is 0 Å². The van der Waals surface area contributed by atoms with E-state index in [2.05, 4.69) is 101 Å². The maximum atomic E-state index is 2.49. The van der Waals surface area contributed by atoms with Gasteiger partial charge in [-0.15, -0.1) is 0 Å². The van der Waals surface area contributed by atoms with Crippen LogP contribution in [0.2, 0.25) is 0 Å². The summed E-state index contributed by atoms with van der Waals surface area (Å²) >= 11 is 2.49. The molecule has 0 nitrogen and oxygen atoms in total. The van der Waals surface area contributed by atoms with Gasteiger partial charge in [0.25, 0.3) is 0 Å². The first-order chi connectivity index (χ1) is 10.3. The molecule has 3 rings (SSSR count). The van der Waals surface area contributed by atoms with Crippen molar-refractivity contribution < 1.29 is 0 Å². The third kappa shape index (κ3) is 3.73. The van der Waals surface area contributed by atoms with Gasteiger partial charge in [0.05, 0.1) is 0 Å². The van der Waals surface area contributed by atoms with Crippen LogP contribution in [0, 0.1) is 3.57 Å². The average Bonchev–Trinajstić information content (AvgIpc) is 2.53. The lowest BCUT2D eigenvalue weighted by Gasteiger charge is -2.10. The van der Waals surface area contributed by atoms with Gasteiger partial charge in [-0.2, -0.15) is 0 Å². The van der Waals surface area contributed by atoms with Crippen molar-refractivity contribution in [3.63, 3.8) is 0 Å². The van der Waals surface area contributed by atoms with Crippen molar-refractivity contribution >= 4 is 22.6 Å². The molecule has 3 aromatic carbocycles. The molecule has 0 fully saturated rings. The minimum absolute atomic E-state index is 1.00. The highest BCUT2D eigenvalue weighted by Crippen LogP contribution is 2.22. The Bertz CT molecular complexity index is 643. The molecular weight excluding hydrogens is 367 g/mol. The highest BCUT2D eigenvalue weighted by molar-refractivity contribution is 14.1. The fourth-order valence-corrected chi connectivity index (χ4v) is 3.28. The molecule has 0 N–H and O–H groups in total. The van der Waals surface area contributed by atoms with Crippen molar-refractivity contribution in [2.24, 2.45) is 0 Å². The van der Waals surface area contributed by atoms with E-state index in [9.17, 15) is 0 Å². The van der Waals surface area contributed by atoms with Gasteiger partial charge in [0.1, 0.15) is 0 Å². The number of rotatable bonds is 4. The molecule has 0 aliphatic rings. The van der Waals surface area contributed by atoms with Crippen LogP contribution in [-0.4, -0.2) is 0 Å². The summed E-state index contributed by atoms with van der Waals surface area (Å²) in [6, 6.07) is 28.0. The SMILES string of the molecule is Ic1c(Cc2ccccc2)cccc1Cc1ccccc1. The Morgan fingerprint density at radius 3 is 1.38 bits per heavy atom. The van der Waals surface area contributed by atoms with Crippen LogP contribution >= 0.6 is 22.6 Å². The molecule has 0 radical (unpaired) electrons. The van der Waals surface area contributed by atoms with E-state index in [4.69, 9.17) is 0 Å². The maximum Gasteiger partial charge on any atom is 0.0201 e. The molecule has 3 aromatic rings. The first-order valence-corrected chi connectivity index (χ1v) is 8.25. The second-order valence-electron chi connectivity index (χ2n) is 5.21. The summed E-state index contributed by atoms with van der Waals surface area (Å²) in [4.78, 5) is 0. The molecule has 0 atom stereocenters. The van der Waals surface area contributed by atoms with Gasteiger partial charge in [-0.25, -0.2) is 0 Å². The standard InChI is InChI=1S/C20H17I/c21-20-18(14-16-8-3-1-4-9-16)12-7-13-19(20)15-17-10-5-2-6-11-17/h1-13H,14-15H2.